The van der Waals surface area contributed by atoms with Gasteiger partial charge in [0.05, 0.1) is 5.57 Å². The van der Waals surface area contributed by atoms with Gasteiger partial charge in [0, 0.05) is 12.1 Å². The van der Waals surface area contributed by atoms with Crippen molar-refractivity contribution in [3.8, 4) is 0 Å². The van der Waals surface area contributed by atoms with Crippen LogP contribution in [0.2, 0.25) is 0 Å². The molecule has 0 saturated heterocycles. The highest BCUT2D eigenvalue weighted by atomic mass is 16.2. The molecule has 0 aromatic heterocycles. The van der Waals surface area contributed by atoms with Gasteiger partial charge in [0.15, 0.2) is 5.78 Å². The van der Waals surface area contributed by atoms with Crippen molar-refractivity contribution in [2.75, 3.05) is 6.54 Å². The predicted octanol–water partition coefficient (Wildman–Crippen LogP) is 2.74. The number of carbonyl (C=O) groups is 2. The van der Waals surface area contributed by atoms with Gasteiger partial charge in [0.25, 0.3) is 5.91 Å². The van der Waals surface area contributed by atoms with Crippen LogP contribution in [0.15, 0.2) is 42.5 Å². The standard InChI is InChI=1S/C16H17NO2/c1-3-5-8-12-11-9-6-7-10-13(11)15(18)14(12)16(19)17-4-2/h3,6-7,9-10H,1,4-5,8H2,2H3,(H,17,19). The first-order valence-electron chi connectivity index (χ1n) is 6.47. The maximum absolute atomic E-state index is 12.3. The second-order valence-corrected chi connectivity index (χ2v) is 4.42. The lowest BCUT2D eigenvalue weighted by Gasteiger charge is -2.06. The number of carbonyl (C=O) groups excluding carboxylic acids is 2. The highest BCUT2D eigenvalue weighted by Crippen LogP contribution is 2.35. The molecule has 1 aromatic carbocycles. The molecule has 0 heterocycles. The van der Waals surface area contributed by atoms with E-state index in [1.54, 1.807) is 12.1 Å². The molecule has 3 nitrogen and oxygen atoms in total. The van der Waals surface area contributed by atoms with Crippen molar-refractivity contribution in [1.82, 2.24) is 5.32 Å². The molecule has 0 saturated carbocycles. The summed E-state index contributed by atoms with van der Waals surface area (Å²) in [6.45, 7) is 6.05. The minimum absolute atomic E-state index is 0.166. The molecule has 3 heteroatoms. The van der Waals surface area contributed by atoms with Gasteiger partial charge >= 0.3 is 0 Å². The molecule has 0 aliphatic heterocycles. The van der Waals surface area contributed by atoms with E-state index in [2.05, 4.69) is 11.9 Å². The van der Waals surface area contributed by atoms with Crippen LogP contribution in [0.5, 0.6) is 0 Å². The number of Topliss-reactive ketones (excluding diaryl/α,β-unsaturated/α-hetero) is 1. The number of amides is 1. The molecule has 0 fully saturated rings. The summed E-state index contributed by atoms with van der Waals surface area (Å²) in [5.41, 5.74) is 2.65. The zero-order chi connectivity index (χ0) is 13.8. The highest BCUT2D eigenvalue weighted by Gasteiger charge is 2.32. The summed E-state index contributed by atoms with van der Waals surface area (Å²) in [7, 11) is 0. The Morgan fingerprint density at radius 1 is 1.32 bits per heavy atom. The monoisotopic (exact) mass is 255 g/mol. The maximum atomic E-state index is 12.3. The zero-order valence-corrected chi connectivity index (χ0v) is 11.0. The minimum Gasteiger partial charge on any atom is -0.352 e. The smallest absolute Gasteiger partial charge is 0.255 e. The third kappa shape index (κ3) is 2.36. The van der Waals surface area contributed by atoms with Gasteiger partial charge < -0.3 is 5.32 Å². The number of hydrogen-bond donors (Lipinski definition) is 1. The molecule has 0 bridgehead atoms. The molecule has 0 radical (unpaired) electrons. The Morgan fingerprint density at radius 3 is 2.63 bits per heavy atom. The first-order chi connectivity index (χ1) is 9.20. The van der Waals surface area contributed by atoms with Crippen molar-refractivity contribution in [2.24, 2.45) is 0 Å². The van der Waals surface area contributed by atoms with E-state index >= 15 is 0 Å². The summed E-state index contributed by atoms with van der Waals surface area (Å²) >= 11 is 0. The molecule has 1 N–H and O–H groups in total. The van der Waals surface area contributed by atoms with E-state index in [9.17, 15) is 9.59 Å². The second-order valence-electron chi connectivity index (χ2n) is 4.42. The number of allylic oxidation sites excluding steroid dienone is 2. The molecule has 1 aliphatic carbocycles. The molecule has 0 spiro atoms. The van der Waals surface area contributed by atoms with Crippen LogP contribution in [0.1, 0.15) is 35.7 Å². The normalized spacial score (nSPS) is 13.4. The fourth-order valence-electron chi connectivity index (χ4n) is 2.35. The van der Waals surface area contributed by atoms with E-state index in [0.29, 0.717) is 24.1 Å². The Labute approximate surface area is 113 Å². The number of rotatable bonds is 5. The van der Waals surface area contributed by atoms with E-state index in [1.165, 1.54) is 0 Å². The molecule has 0 atom stereocenters. The van der Waals surface area contributed by atoms with E-state index in [1.807, 2.05) is 25.1 Å². The molecule has 19 heavy (non-hydrogen) atoms. The molecular weight excluding hydrogens is 238 g/mol. The first-order valence-corrected chi connectivity index (χ1v) is 6.47. The fraction of sp³-hybridized carbons (Fsp3) is 0.250. The number of hydrogen-bond acceptors (Lipinski definition) is 2. The lowest BCUT2D eigenvalue weighted by atomic mass is 10.0. The van der Waals surface area contributed by atoms with Crippen LogP contribution in [0, 0.1) is 0 Å². The minimum atomic E-state index is -0.275. The topological polar surface area (TPSA) is 46.2 Å². The first kappa shape index (κ1) is 13.3. The van der Waals surface area contributed by atoms with Gasteiger partial charge in [-0.3, -0.25) is 9.59 Å². The van der Waals surface area contributed by atoms with Crippen LogP contribution in [-0.2, 0) is 4.79 Å². The van der Waals surface area contributed by atoms with Crippen molar-refractivity contribution in [3.05, 3.63) is 53.6 Å². The summed E-state index contributed by atoms with van der Waals surface area (Å²) in [6, 6.07) is 7.39. The summed E-state index contributed by atoms with van der Waals surface area (Å²) in [4.78, 5) is 24.4. The molecule has 2 rings (SSSR count). The van der Waals surface area contributed by atoms with Gasteiger partial charge in [-0.05, 0) is 30.9 Å². The average Bonchev–Trinajstić information content (AvgIpc) is 2.70. The second kappa shape index (κ2) is 5.65. The lowest BCUT2D eigenvalue weighted by Crippen LogP contribution is -2.27. The van der Waals surface area contributed by atoms with E-state index in [4.69, 9.17) is 0 Å². The Kier molecular flexibility index (Phi) is 3.95. The van der Waals surface area contributed by atoms with Crippen molar-refractivity contribution in [2.45, 2.75) is 19.8 Å². The molecular formula is C16H17NO2. The van der Waals surface area contributed by atoms with Crippen LogP contribution in [-0.4, -0.2) is 18.2 Å². The summed E-state index contributed by atoms with van der Waals surface area (Å²) < 4.78 is 0. The van der Waals surface area contributed by atoms with Gasteiger partial charge in [-0.15, -0.1) is 6.58 Å². The van der Waals surface area contributed by atoms with Crippen LogP contribution >= 0.6 is 0 Å². The molecule has 98 valence electrons. The van der Waals surface area contributed by atoms with Gasteiger partial charge in [0.2, 0.25) is 0 Å². The molecule has 1 aromatic rings. The number of benzene rings is 1. The van der Waals surface area contributed by atoms with E-state index in [-0.39, 0.29) is 11.7 Å². The maximum Gasteiger partial charge on any atom is 0.255 e. The number of nitrogens with one attached hydrogen (secondary N) is 1. The summed E-state index contributed by atoms with van der Waals surface area (Å²) in [5, 5.41) is 2.72. The Morgan fingerprint density at radius 2 is 2.00 bits per heavy atom. The Hall–Kier alpha value is -2.16. The fourth-order valence-corrected chi connectivity index (χ4v) is 2.35. The van der Waals surface area contributed by atoms with Crippen LogP contribution in [0.4, 0.5) is 0 Å². The predicted molar refractivity (Wildman–Crippen MR) is 75.8 cm³/mol. The largest absolute Gasteiger partial charge is 0.352 e. The van der Waals surface area contributed by atoms with Crippen molar-refractivity contribution in [1.29, 1.82) is 0 Å². The number of fused-ring (bicyclic) bond motifs is 1. The van der Waals surface area contributed by atoms with Crippen molar-refractivity contribution in [3.63, 3.8) is 0 Å². The van der Waals surface area contributed by atoms with Crippen LogP contribution < -0.4 is 5.32 Å². The van der Waals surface area contributed by atoms with Gasteiger partial charge in [-0.2, -0.15) is 0 Å². The molecule has 1 aliphatic rings. The summed E-state index contributed by atoms with van der Waals surface area (Å²) in [5.74, 6) is -0.441. The Bertz CT molecular complexity index is 570. The quantitative estimate of drug-likeness (QED) is 0.649. The van der Waals surface area contributed by atoms with Crippen molar-refractivity contribution >= 4 is 17.3 Å². The number of ketones is 1. The zero-order valence-electron chi connectivity index (χ0n) is 11.0. The van der Waals surface area contributed by atoms with Crippen molar-refractivity contribution < 1.29 is 9.59 Å². The third-order valence-corrected chi connectivity index (χ3v) is 3.19. The molecule has 0 unspecified atom stereocenters. The lowest BCUT2D eigenvalue weighted by molar-refractivity contribution is -0.117. The van der Waals surface area contributed by atoms with Crippen LogP contribution in [0.25, 0.3) is 5.57 Å². The summed E-state index contributed by atoms with van der Waals surface area (Å²) in [6.07, 6.45) is 3.21. The highest BCUT2D eigenvalue weighted by molar-refractivity contribution is 6.34. The van der Waals surface area contributed by atoms with Crippen LogP contribution in [0.3, 0.4) is 0 Å². The average molecular weight is 255 g/mol. The third-order valence-electron chi connectivity index (χ3n) is 3.19. The number of likely N-dealkylation sites (N-methyl/N-ethyl adjacent to an activating group) is 1. The van der Waals surface area contributed by atoms with E-state index < -0.39 is 0 Å². The SMILES string of the molecule is C=CCCC1=C(C(=O)NCC)C(=O)c2ccccc21. The van der Waals surface area contributed by atoms with E-state index in [0.717, 1.165) is 17.6 Å². The van der Waals surface area contributed by atoms with Gasteiger partial charge in [-0.25, -0.2) is 0 Å². The molecule has 1 amide bonds. The van der Waals surface area contributed by atoms with Gasteiger partial charge in [0.1, 0.15) is 0 Å². The Balaban J connectivity index is 2.48. The van der Waals surface area contributed by atoms with Gasteiger partial charge in [-0.1, -0.05) is 30.3 Å².